The largest absolute Gasteiger partial charge is 0.333 e. The number of halogens is 1. The first-order valence-electron chi connectivity index (χ1n) is 4.55. The number of aryl methyl sites for hydroxylation is 1. The molecule has 0 saturated carbocycles. The SMILES string of the molecule is Cn1c(=O)[nH]c(=O)c2[nH]c(C=CCCl)nc21. The Bertz CT molecular complexity index is 664. The number of fused-ring (bicyclic) bond motifs is 1. The molecule has 2 aromatic heterocycles. The Hall–Kier alpha value is -1.82. The van der Waals surface area contributed by atoms with Crippen molar-refractivity contribution >= 4 is 28.8 Å². The monoisotopic (exact) mass is 240 g/mol. The van der Waals surface area contributed by atoms with Crippen LogP contribution >= 0.6 is 11.6 Å². The predicted molar refractivity (Wildman–Crippen MR) is 61.7 cm³/mol. The standard InChI is InChI=1S/C9H9ClN4O2/c1-14-7-6(8(15)13-9(14)16)11-5(12-7)3-2-4-10/h2-3H,4H2,1H3,(H,11,12)(H,13,15,16). The summed E-state index contributed by atoms with van der Waals surface area (Å²) in [5.41, 5.74) is -0.368. The van der Waals surface area contributed by atoms with Gasteiger partial charge in [-0.3, -0.25) is 14.3 Å². The number of rotatable bonds is 2. The summed E-state index contributed by atoms with van der Waals surface area (Å²) in [6.45, 7) is 0. The van der Waals surface area contributed by atoms with Gasteiger partial charge in [-0.25, -0.2) is 9.78 Å². The summed E-state index contributed by atoms with van der Waals surface area (Å²) in [7, 11) is 1.54. The highest BCUT2D eigenvalue weighted by Crippen LogP contribution is 2.04. The van der Waals surface area contributed by atoms with Gasteiger partial charge in [-0.05, 0) is 6.08 Å². The molecule has 0 fully saturated rings. The molecular weight excluding hydrogens is 232 g/mol. The van der Waals surface area contributed by atoms with Crippen LogP contribution in [0.4, 0.5) is 0 Å². The molecule has 2 heterocycles. The van der Waals surface area contributed by atoms with Gasteiger partial charge in [0, 0.05) is 12.9 Å². The third kappa shape index (κ3) is 1.67. The maximum absolute atomic E-state index is 11.4. The summed E-state index contributed by atoms with van der Waals surface area (Å²) >= 11 is 5.49. The van der Waals surface area contributed by atoms with E-state index in [4.69, 9.17) is 11.6 Å². The fraction of sp³-hybridized carbons (Fsp3) is 0.222. The van der Waals surface area contributed by atoms with Crippen molar-refractivity contribution < 1.29 is 0 Å². The molecule has 0 aromatic carbocycles. The summed E-state index contributed by atoms with van der Waals surface area (Å²) in [5.74, 6) is 0.842. The number of nitrogens with one attached hydrogen (secondary N) is 2. The van der Waals surface area contributed by atoms with Gasteiger partial charge in [-0.15, -0.1) is 11.6 Å². The first-order valence-corrected chi connectivity index (χ1v) is 5.08. The molecule has 16 heavy (non-hydrogen) atoms. The molecule has 0 amide bonds. The van der Waals surface area contributed by atoms with Crippen molar-refractivity contribution in [1.82, 2.24) is 19.5 Å². The lowest BCUT2D eigenvalue weighted by Crippen LogP contribution is -2.28. The van der Waals surface area contributed by atoms with Gasteiger partial charge >= 0.3 is 5.69 Å². The molecular formula is C9H9ClN4O2. The average Bonchev–Trinajstić information content (AvgIpc) is 2.68. The quantitative estimate of drug-likeness (QED) is 0.736. The summed E-state index contributed by atoms with van der Waals surface area (Å²) in [5, 5.41) is 0. The Balaban J connectivity index is 2.75. The van der Waals surface area contributed by atoms with Crippen LogP contribution in [0.25, 0.3) is 17.2 Å². The maximum atomic E-state index is 11.4. The first-order chi connectivity index (χ1) is 7.63. The van der Waals surface area contributed by atoms with E-state index in [1.54, 1.807) is 12.2 Å². The molecule has 7 heteroatoms. The van der Waals surface area contributed by atoms with Crippen LogP contribution in [0, 0.1) is 0 Å². The summed E-state index contributed by atoms with van der Waals surface area (Å²) in [6.07, 6.45) is 3.34. The molecule has 2 aromatic rings. The lowest BCUT2D eigenvalue weighted by Gasteiger charge is -1.94. The normalized spacial score (nSPS) is 11.6. The first kappa shape index (κ1) is 10.7. The molecule has 0 atom stereocenters. The fourth-order valence-corrected chi connectivity index (χ4v) is 1.45. The van der Waals surface area contributed by atoms with E-state index < -0.39 is 11.2 Å². The van der Waals surface area contributed by atoms with Crippen LogP contribution in [0.1, 0.15) is 5.82 Å². The zero-order chi connectivity index (χ0) is 11.7. The minimum Gasteiger partial charge on any atom is -0.333 e. The Morgan fingerprint density at radius 2 is 2.19 bits per heavy atom. The van der Waals surface area contributed by atoms with Crippen LogP contribution in [0.2, 0.25) is 0 Å². The number of aromatic amines is 2. The Morgan fingerprint density at radius 1 is 1.44 bits per heavy atom. The Morgan fingerprint density at radius 3 is 2.88 bits per heavy atom. The molecule has 0 aliphatic rings. The number of aromatic nitrogens is 4. The van der Waals surface area contributed by atoms with Crippen molar-refractivity contribution in [1.29, 1.82) is 0 Å². The van der Waals surface area contributed by atoms with Crippen molar-refractivity contribution in [2.75, 3.05) is 5.88 Å². The molecule has 2 N–H and O–H groups in total. The average molecular weight is 241 g/mol. The van der Waals surface area contributed by atoms with Crippen molar-refractivity contribution in [2.24, 2.45) is 7.05 Å². The Kier molecular flexibility index (Phi) is 2.66. The highest BCUT2D eigenvalue weighted by Gasteiger charge is 2.08. The number of hydrogen-bond donors (Lipinski definition) is 2. The van der Waals surface area contributed by atoms with Crippen molar-refractivity contribution in [3.05, 3.63) is 32.7 Å². The molecule has 2 rings (SSSR count). The zero-order valence-corrected chi connectivity index (χ0v) is 9.21. The van der Waals surface area contributed by atoms with Crippen LogP contribution in [-0.4, -0.2) is 25.4 Å². The molecule has 0 aliphatic carbocycles. The minimum atomic E-state index is -0.489. The number of alkyl halides is 1. The van der Waals surface area contributed by atoms with E-state index in [1.807, 2.05) is 0 Å². The van der Waals surface area contributed by atoms with E-state index in [1.165, 1.54) is 11.6 Å². The van der Waals surface area contributed by atoms with Gasteiger partial charge in [-0.1, -0.05) is 6.08 Å². The Labute approximate surface area is 94.6 Å². The van der Waals surface area contributed by atoms with Gasteiger partial charge in [0.15, 0.2) is 5.65 Å². The minimum absolute atomic E-state index is 0.274. The summed E-state index contributed by atoms with van der Waals surface area (Å²) < 4.78 is 1.27. The van der Waals surface area contributed by atoms with Crippen molar-refractivity contribution in [2.45, 2.75) is 0 Å². The molecule has 0 bridgehead atoms. The molecule has 0 spiro atoms. The van der Waals surface area contributed by atoms with Gasteiger partial charge in [0.25, 0.3) is 5.56 Å². The number of imidazole rings is 1. The molecule has 6 nitrogen and oxygen atoms in total. The molecule has 84 valence electrons. The molecule has 0 aliphatic heterocycles. The van der Waals surface area contributed by atoms with E-state index in [9.17, 15) is 9.59 Å². The number of allylic oxidation sites excluding steroid dienone is 1. The van der Waals surface area contributed by atoms with Crippen LogP contribution in [0.3, 0.4) is 0 Å². The van der Waals surface area contributed by atoms with Gasteiger partial charge in [0.1, 0.15) is 11.3 Å². The third-order valence-electron chi connectivity index (χ3n) is 2.14. The van der Waals surface area contributed by atoms with Gasteiger partial charge in [0.2, 0.25) is 0 Å². The molecule has 0 radical (unpaired) electrons. The summed E-state index contributed by atoms with van der Waals surface area (Å²) in [4.78, 5) is 31.8. The van der Waals surface area contributed by atoms with E-state index >= 15 is 0 Å². The van der Waals surface area contributed by atoms with Gasteiger partial charge in [-0.2, -0.15) is 0 Å². The predicted octanol–water partition coefficient (Wildman–Crippen LogP) is 0.202. The third-order valence-corrected chi connectivity index (χ3v) is 2.32. The second kappa shape index (κ2) is 3.97. The fourth-order valence-electron chi connectivity index (χ4n) is 1.36. The number of nitrogens with zero attached hydrogens (tertiary/aromatic N) is 2. The van der Waals surface area contributed by atoms with E-state index in [0.717, 1.165) is 0 Å². The van der Waals surface area contributed by atoms with Crippen molar-refractivity contribution in [3.63, 3.8) is 0 Å². The highest BCUT2D eigenvalue weighted by atomic mass is 35.5. The lowest BCUT2D eigenvalue weighted by atomic mass is 10.5. The maximum Gasteiger partial charge on any atom is 0.329 e. The van der Waals surface area contributed by atoms with Crippen LogP contribution in [0.15, 0.2) is 15.7 Å². The molecule has 0 saturated heterocycles. The smallest absolute Gasteiger partial charge is 0.329 e. The van der Waals surface area contributed by atoms with Gasteiger partial charge < -0.3 is 4.98 Å². The van der Waals surface area contributed by atoms with Gasteiger partial charge in [0.05, 0.1) is 0 Å². The second-order valence-corrected chi connectivity index (χ2v) is 3.50. The number of H-pyrrole nitrogens is 2. The number of hydrogen-bond acceptors (Lipinski definition) is 3. The van der Waals surface area contributed by atoms with E-state index in [2.05, 4.69) is 15.0 Å². The second-order valence-electron chi connectivity index (χ2n) is 3.20. The lowest BCUT2D eigenvalue weighted by molar-refractivity contribution is 0.832. The van der Waals surface area contributed by atoms with Crippen molar-refractivity contribution in [3.8, 4) is 0 Å². The summed E-state index contributed by atoms with van der Waals surface area (Å²) in [6, 6.07) is 0. The van der Waals surface area contributed by atoms with E-state index in [0.29, 0.717) is 17.4 Å². The zero-order valence-electron chi connectivity index (χ0n) is 8.45. The van der Waals surface area contributed by atoms with E-state index in [-0.39, 0.29) is 5.52 Å². The van der Waals surface area contributed by atoms with Crippen LogP contribution in [-0.2, 0) is 7.05 Å². The highest BCUT2D eigenvalue weighted by molar-refractivity contribution is 6.19. The molecule has 0 unspecified atom stereocenters. The van der Waals surface area contributed by atoms with Crippen LogP contribution < -0.4 is 11.2 Å². The van der Waals surface area contributed by atoms with Crippen LogP contribution in [0.5, 0.6) is 0 Å². The topological polar surface area (TPSA) is 83.5 Å².